The summed E-state index contributed by atoms with van der Waals surface area (Å²) < 4.78 is 13.5. The van der Waals surface area contributed by atoms with E-state index in [1.165, 1.54) is 6.20 Å². The SMILES string of the molecule is OCc1ccnc(F)c1-c1cccnc1. The first-order chi connectivity index (χ1) is 7.33. The molecule has 4 heteroatoms. The highest BCUT2D eigenvalue weighted by Gasteiger charge is 2.10. The van der Waals surface area contributed by atoms with Gasteiger partial charge in [-0.1, -0.05) is 6.07 Å². The first-order valence-electron chi connectivity index (χ1n) is 4.47. The van der Waals surface area contributed by atoms with Crippen LogP contribution in [0, 0.1) is 5.95 Å². The summed E-state index contributed by atoms with van der Waals surface area (Å²) in [5.74, 6) is -0.588. The Hall–Kier alpha value is -1.81. The molecule has 76 valence electrons. The molecular weight excluding hydrogens is 195 g/mol. The summed E-state index contributed by atoms with van der Waals surface area (Å²) in [5.41, 5.74) is 1.44. The van der Waals surface area contributed by atoms with Gasteiger partial charge in [-0.2, -0.15) is 4.39 Å². The summed E-state index contributed by atoms with van der Waals surface area (Å²) in [5, 5.41) is 9.09. The van der Waals surface area contributed by atoms with Crippen molar-refractivity contribution >= 4 is 0 Å². The van der Waals surface area contributed by atoms with Crippen LogP contribution in [-0.2, 0) is 6.61 Å². The van der Waals surface area contributed by atoms with Crippen molar-refractivity contribution in [3.8, 4) is 11.1 Å². The summed E-state index contributed by atoms with van der Waals surface area (Å²) in [6.07, 6.45) is 4.48. The van der Waals surface area contributed by atoms with Crippen molar-refractivity contribution in [3.05, 3.63) is 48.3 Å². The maximum absolute atomic E-state index is 13.5. The van der Waals surface area contributed by atoms with Crippen LogP contribution in [0.15, 0.2) is 36.8 Å². The zero-order valence-corrected chi connectivity index (χ0v) is 7.89. The van der Waals surface area contributed by atoms with Crippen LogP contribution in [0.1, 0.15) is 5.56 Å². The Morgan fingerprint density at radius 2 is 2.13 bits per heavy atom. The second-order valence-electron chi connectivity index (χ2n) is 3.04. The summed E-state index contributed by atoms with van der Waals surface area (Å²) in [6.45, 7) is -0.219. The normalized spacial score (nSPS) is 10.3. The van der Waals surface area contributed by atoms with Crippen LogP contribution in [0.5, 0.6) is 0 Å². The Bertz CT molecular complexity index is 459. The zero-order valence-electron chi connectivity index (χ0n) is 7.89. The Morgan fingerprint density at radius 3 is 2.80 bits per heavy atom. The van der Waals surface area contributed by atoms with Gasteiger partial charge in [0.1, 0.15) is 0 Å². The molecular formula is C11H9FN2O. The van der Waals surface area contributed by atoms with Gasteiger partial charge in [0.25, 0.3) is 0 Å². The van der Waals surface area contributed by atoms with E-state index in [-0.39, 0.29) is 6.61 Å². The lowest BCUT2D eigenvalue weighted by Gasteiger charge is -2.06. The fraction of sp³-hybridized carbons (Fsp3) is 0.0909. The molecule has 15 heavy (non-hydrogen) atoms. The Morgan fingerprint density at radius 1 is 1.27 bits per heavy atom. The van der Waals surface area contributed by atoms with E-state index in [0.29, 0.717) is 16.7 Å². The molecule has 0 saturated carbocycles. The molecule has 0 bridgehead atoms. The molecule has 0 amide bonds. The molecule has 2 aromatic heterocycles. The number of aromatic nitrogens is 2. The van der Waals surface area contributed by atoms with E-state index in [4.69, 9.17) is 5.11 Å². The quantitative estimate of drug-likeness (QED) is 0.758. The van der Waals surface area contributed by atoms with Crippen molar-refractivity contribution in [1.82, 2.24) is 9.97 Å². The molecule has 0 spiro atoms. The third kappa shape index (κ3) is 1.85. The standard InChI is InChI=1S/C11H9FN2O/c12-11-10(8-2-1-4-13-6-8)9(7-15)3-5-14-11/h1-6,15H,7H2. The van der Waals surface area contributed by atoms with E-state index in [1.807, 2.05) is 0 Å². The molecule has 2 heterocycles. The molecule has 2 rings (SSSR count). The van der Waals surface area contributed by atoms with Gasteiger partial charge in [-0.25, -0.2) is 4.98 Å². The molecule has 3 nitrogen and oxygen atoms in total. The molecule has 0 fully saturated rings. The number of rotatable bonds is 2. The van der Waals surface area contributed by atoms with E-state index >= 15 is 0 Å². The summed E-state index contributed by atoms with van der Waals surface area (Å²) in [4.78, 5) is 7.46. The highest BCUT2D eigenvalue weighted by molar-refractivity contribution is 5.65. The average Bonchev–Trinajstić information content (AvgIpc) is 2.29. The predicted octanol–water partition coefficient (Wildman–Crippen LogP) is 1.77. The first kappa shape index (κ1) is 9.73. The smallest absolute Gasteiger partial charge is 0.221 e. The van der Waals surface area contributed by atoms with Gasteiger partial charge >= 0.3 is 0 Å². The lowest BCUT2D eigenvalue weighted by atomic mass is 10.0. The summed E-state index contributed by atoms with van der Waals surface area (Å²) >= 11 is 0. The van der Waals surface area contributed by atoms with E-state index < -0.39 is 5.95 Å². The van der Waals surface area contributed by atoms with Gasteiger partial charge in [-0.05, 0) is 17.7 Å². The highest BCUT2D eigenvalue weighted by Crippen LogP contribution is 2.24. The fourth-order valence-corrected chi connectivity index (χ4v) is 1.42. The van der Waals surface area contributed by atoms with Gasteiger partial charge in [0.15, 0.2) is 0 Å². The van der Waals surface area contributed by atoms with Gasteiger partial charge in [-0.15, -0.1) is 0 Å². The molecule has 2 aromatic rings. The Labute approximate surface area is 86.3 Å². The molecule has 0 unspecified atom stereocenters. The zero-order chi connectivity index (χ0) is 10.7. The maximum Gasteiger partial charge on any atom is 0.221 e. The minimum Gasteiger partial charge on any atom is -0.392 e. The molecule has 0 atom stereocenters. The van der Waals surface area contributed by atoms with Crippen LogP contribution in [0.4, 0.5) is 4.39 Å². The van der Waals surface area contributed by atoms with Crippen molar-refractivity contribution < 1.29 is 9.50 Å². The minimum absolute atomic E-state index is 0.219. The van der Waals surface area contributed by atoms with Crippen molar-refractivity contribution in [3.63, 3.8) is 0 Å². The summed E-state index contributed by atoms with van der Waals surface area (Å²) in [7, 11) is 0. The van der Waals surface area contributed by atoms with Gasteiger partial charge in [0.05, 0.1) is 6.61 Å². The second-order valence-corrected chi connectivity index (χ2v) is 3.04. The summed E-state index contributed by atoms with van der Waals surface area (Å²) in [6, 6.07) is 5.03. The highest BCUT2D eigenvalue weighted by atomic mass is 19.1. The average molecular weight is 204 g/mol. The molecule has 0 aliphatic heterocycles. The lowest BCUT2D eigenvalue weighted by Crippen LogP contribution is -1.96. The van der Waals surface area contributed by atoms with Gasteiger partial charge < -0.3 is 5.11 Å². The number of nitrogens with zero attached hydrogens (tertiary/aromatic N) is 2. The number of hydrogen-bond acceptors (Lipinski definition) is 3. The van der Waals surface area contributed by atoms with Crippen molar-refractivity contribution in [1.29, 1.82) is 0 Å². The van der Waals surface area contributed by atoms with Crippen LogP contribution in [0.25, 0.3) is 11.1 Å². The number of pyridine rings is 2. The van der Waals surface area contributed by atoms with E-state index in [1.54, 1.807) is 30.6 Å². The van der Waals surface area contributed by atoms with Crippen LogP contribution in [-0.4, -0.2) is 15.1 Å². The molecule has 0 saturated heterocycles. The van der Waals surface area contributed by atoms with Crippen molar-refractivity contribution in [2.45, 2.75) is 6.61 Å². The third-order valence-electron chi connectivity index (χ3n) is 2.11. The number of halogens is 1. The van der Waals surface area contributed by atoms with Crippen molar-refractivity contribution in [2.75, 3.05) is 0 Å². The predicted molar refractivity (Wildman–Crippen MR) is 53.3 cm³/mol. The monoisotopic (exact) mass is 204 g/mol. The molecule has 0 aliphatic rings. The fourth-order valence-electron chi connectivity index (χ4n) is 1.42. The van der Waals surface area contributed by atoms with Crippen LogP contribution in [0.3, 0.4) is 0 Å². The van der Waals surface area contributed by atoms with Crippen molar-refractivity contribution in [2.24, 2.45) is 0 Å². The topological polar surface area (TPSA) is 46.0 Å². The number of hydrogen-bond donors (Lipinski definition) is 1. The molecule has 0 aliphatic carbocycles. The van der Waals surface area contributed by atoms with Crippen LogP contribution < -0.4 is 0 Å². The minimum atomic E-state index is -0.588. The van der Waals surface area contributed by atoms with E-state index in [0.717, 1.165) is 0 Å². The van der Waals surface area contributed by atoms with Gasteiger partial charge in [-0.3, -0.25) is 4.98 Å². The van der Waals surface area contributed by atoms with Gasteiger partial charge in [0, 0.05) is 29.7 Å². The van der Waals surface area contributed by atoms with Gasteiger partial charge in [0.2, 0.25) is 5.95 Å². The largest absolute Gasteiger partial charge is 0.392 e. The molecule has 1 N–H and O–H groups in total. The lowest BCUT2D eigenvalue weighted by molar-refractivity contribution is 0.281. The first-order valence-corrected chi connectivity index (χ1v) is 4.47. The third-order valence-corrected chi connectivity index (χ3v) is 2.11. The maximum atomic E-state index is 13.5. The van der Waals surface area contributed by atoms with E-state index in [9.17, 15) is 4.39 Å². The van der Waals surface area contributed by atoms with Crippen LogP contribution >= 0.6 is 0 Å². The second kappa shape index (κ2) is 4.14. The Kier molecular flexibility index (Phi) is 2.69. The molecule has 0 aromatic carbocycles. The van der Waals surface area contributed by atoms with E-state index in [2.05, 4.69) is 9.97 Å². The van der Waals surface area contributed by atoms with Crippen LogP contribution in [0.2, 0.25) is 0 Å². The molecule has 0 radical (unpaired) electrons. The Balaban J connectivity index is 2.61. The number of aliphatic hydroxyl groups excluding tert-OH is 1. The number of aliphatic hydroxyl groups is 1.